The summed E-state index contributed by atoms with van der Waals surface area (Å²) in [5, 5.41) is 20.3. The summed E-state index contributed by atoms with van der Waals surface area (Å²) in [7, 11) is 2.02. The number of rotatable bonds is 5. The van der Waals surface area contributed by atoms with Crippen LogP contribution in [0.15, 0.2) is 24.3 Å². The summed E-state index contributed by atoms with van der Waals surface area (Å²) in [6.07, 6.45) is -0.590. The molecule has 0 spiro atoms. The van der Waals surface area contributed by atoms with Crippen LogP contribution in [0.4, 0.5) is 4.79 Å². The van der Waals surface area contributed by atoms with Gasteiger partial charge in [-0.05, 0) is 31.2 Å². The minimum absolute atomic E-state index is 0.0319. The van der Waals surface area contributed by atoms with E-state index in [0.29, 0.717) is 25.1 Å². The van der Waals surface area contributed by atoms with Crippen LogP contribution in [0.2, 0.25) is 0 Å². The molecule has 0 unspecified atom stereocenters. The van der Waals surface area contributed by atoms with Crippen molar-refractivity contribution >= 4 is 12.0 Å². The van der Waals surface area contributed by atoms with Crippen LogP contribution in [0.1, 0.15) is 17.5 Å². The Labute approximate surface area is 141 Å². The average Bonchev–Trinajstić information content (AvgIpc) is 2.55. The second-order valence-corrected chi connectivity index (χ2v) is 6.05. The lowest BCUT2D eigenvalue weighted by atomic mass is 10.0. The zero-order valence-electron chi connectivity index (χ0n) is 13.7. The molecule has 0 bridgehead atoms. The maximum Gasteiger partial charge on any atom is 0.404 e. The topological polar surface area (TPSA) is 96.7 Å². The van der Waals surface area contributed by atoms with Gasteiger partial charge in [0.05, 0.1) is 11.6 Å². The molecule has 24 heavy (non-hydrogen) atoms. The normalized spacial score (nSPS) is 16.2. The molecule has 1 aliphatic rings. The van der Waals surface area contributed by atoms with Crippen LogP contribution < -0.4 is 5.32 Å². The van der Waals surface area contributed by atoms with E-state index in [2.05, 4.69) is 10.2 Å². The average molecular weight is 330 g/mol. The molecule has 0 saturated carbocycles. The zero-order chi connectivity index (χ0) is 17.5. The fourth-order valence-corrected chi connectivity index (χ4v) is 2.74. The molecule has 1 aromatic carbocycles. The van der Waals surface area contributed by atoms with Crippen LogP contribution in [0.3, 0.4) is 0 Å². The molecule has 0 aliphatic carbocycles. The van der Waals surface area contributed by atoms with Gasteiger partial charge in [-0.15, -0.1) is 0 Å². The van der Waals surface area contributed by atoms with E-state index in [9.17, 15) is 9.59 Å². The quantitative estimate of drug-likeness (QED) is 0.836. The van der Waals surface area contributed by atoms with Crippen molar-refractivity contribution < 1.29 is 14.7 Å². The number of nitrogens with one attached hydrogen (secondary N) is 1. The number of nitrogens with zero attached hydrogens (tertiary/aromatic N) is 3. The van der Waals surface area contributed by atoms with Gasteiger partial charge in [-0.1, -0.05) is 12.1 Å². The first-order valence-corrected chi connectivity index (χ1v) is 7.92. The monoisotopic (exact) mass is 330 g/mol. The summed E-state index contributed by atoms with van der Waals surface area (Å²) in [6.45, 7) is 3.01. The highest BCUT2D eigenvalue weighted by Gasteiger charge is 2.23. The fourth-order valence-electron chi connectivity index (χ4n) is 2.74. The molecule has 1 saturated heterocycles. The van der Waals surface area contributed by atoms with Crippen LogP contribution >= 0.6 is 0 Å². The Bertz CT molecular complexity index is 616. The number of piperazine rings is 1. The Kier molecular flexibility index (Phi) is 6.15. The second kappa shape index (κ2) is 8.31. The third-order valence-corrected chi connectivity index (χ3v) is 4.17. The van der Waals surface area contributed by atoms with E-state index >= 15 is 0 Å². The maximum atomic E-state index is 12.4. The van der Waals surface area contributed by atoms with Gasteiger partial charge in [0.25, 0.3) is 0 Å². The summed E-state index contributed by atoms with van der Waals surface area (Å²) >= 11 is 0. The number of amides is 2. The molecular formula is C17H22N4O3. The van der Waals surface area contributed by atoms with Crippen LogP contribution in [-0.2, 0) is 11.2 Å². The molecule has 2 amide bonds. The number of benzene rings is 1. The van der Waals surface area contributed by atoms with Crippen molar-refractivity contribution in [1.82, 2.24) is 15.1 Å². The number of likely N-dealkylation sites (N-methyl/N-ethyl adjacent to an activating group) is 1. The van der Waals surface area contributed by atoms with Gasteiger partial charge in [0, 0.05) is 38.6 Å². The van der Waals surface area contributed by atoms with E-state index in [1.165, 1.54) is 0 Å². The largest absolute Gasteiger partial charge is 0.465 e. The standard InChI is InChI=1S/C17H22N4O3/c1-20-6-8-21(9-7-20)16(22)11-15(19-17(23)24)10-13-2-4-14(12-18)5-3-13/h2-5,15,19H,6-11H2,1H3,(H,23,24)/t15-/m1/s1. The third-order valence-electron chi connectivity index (χ3n) is 4.17. The molecule has 1 aliphatic heterocycles. The molecule has 1 aromatic rings. The van der Waals surface area contributed by atoms with Crippen molar-refractivity contribution in [1.29, 1.82) is 5.26 Å². The van der Waals surface area contributed by atoms with E-state index in [4.69, 9.17) is 10.4 Å². The van der Waals surface area contributed by atoms with Crippen LogP contribution in [0, 0.1) is 11.3 Å². The Morgan fingerprint density at radius 2 is 1.88 bits per heavy atom. The highest BCUT2D eigenvalue weighted by molar-refractivity contribution is 5.78. The lowest BCUT2D eigenvalue weighted by molar-refractivity contribution is -0.133. The Balaban J connectivity index is 1.98. The molecule has 1 fully saturated rings. The van der Waals surface area contributed by atoms with Gasteiger partial charge in [-0.25, -0.2) is 4.79 Å². The maximum absolute atomic E-state index is 12.4. The summed E-state index contributed by atoms with van der Waals surface area (Å²) < 4.78 is 0. The zero-order valence-corrected chi connectivity index (χ0v) is 13.7. The lowest BCUT2D eigenvalue weighted by Gasteiger charge is -2.33. The summed E-state index contributed by atoms with van der Waals surface area (Å²) in [5.74, 6) is -0.0319. The summed E-state index contributed by atoms with van der Waals surface area (Å²) in [6, 6.07) is 8.51. The number of nitriles is 1. The van der Waals surface area contributed by atoms with Gasteiger partial charge in [-0.3, -0.25) is 4.79 Å². The number of carbonyl (C=O) groups excluding carboxylic acids is 1. The Morgan fingerprint density at radius 3 is 2.42 bits per heavy atom. The molecule has 7 heteroatoms. The van der Waals surface area contributed by atoms with Gasteiger partial charge in [0.1, 0.15) is 0 Å². The Hall–Kier alpha value is -2.59. The van der Waals surface area contributed by atoms with E-state index < -0.39 is 12.1 Å². The van der Waals surface area contributed by atoms with Gasteiger partial charge in [-0.2, -0.15) is 5.26 Å². The minimum atomic E-state index is -1.14. The fraction of sp³-hybridized carbons (Fsp3) is 0.471. The van der Waals surface area contributed by atoms with Crippen molar-refractivity contribution in [3.05, 3.63) is 35.4 Å². The molecule has 1 heterocycles. The SMILES string of the molecule is CN1CCN(C(=O)C[C@@H](Cc2ccc(C#N)cc2)NC(=O)O)CC1. The number of carbonyl (C=O) groups is 2. The number of carboxylic acid groups (broad SMARTS) is 1. The summed E-state index contributed by atoms with van der Waals surface area (Å²) in [5.41, 5.74) is 1.44. The first-order valence-electron chi connectivity index (χ1n) is 7.92. The predicted octanol–water partition coefficient (Wildman–Crippen LogP) is 0.901. The first kappa shape index (κ1) is 17.8. The van der Waals surface area contributed by atoms with E-state index in [1.807, 2.05) is 13.1 Å². The van der Waals surface area contributed by atoms with Crippen molar-refractivity contribution in [2.75, 3.05) is 33.2 Å². The second-order valence-electron chi connectivity index (χ2n) is 6.05. The highest BCUT2D eigenvalue weighted by atomic mass is 16.4. The molecule has 0 aromatic heterocycles. The van der Waals surface area contributed by atoms with Gasteiger partial charge in [0.2, 0.25) is 5.91 Å². The van der Waals surface area contributed by atoms with E-state index in [-0.39, 0.29) is 12.3 Å². The molecular weight excluding hydrogens is 308 g/mol. The lowest BCUT2D eigenvalue weighted by Crippen LogP contribution is -2.49. The van der Waals surface area contributed by atoms with E-state index in [1.54, 1.807) is 29.2 Å². The molecule has 0 radical (unpaired) electrons. The van der Waals surface area contributed by atoms with Crippen molar-refractivity contribution in [2.45, 2.75) is 18.9 Å². The number of hydrogen-bond donors (Lipinski definition) is 2. The predicted molar refractivity (Wildman–Crippen MR) is 88.5 cm³/mol. The van der Waals surface area contributed by atoms with Gasteiger partial charge in [0.15, 0.2) is 0 Å². The molecule has 2 N–H and O–H groups in total. The minimum Gasteiger partial charge on any atom is -0.465 e. The van der Waals surface area contributed by atoms with Crippen molar-refractivity contribution in [3.63, 3.8) is 0 Å². The van der Waals surface area contributed by atoms with E-state index in [0.717, 1.165) is 18.7 Å². The van der Waals surface area contributed by atoms with Gasteiger partial charge < -0.3 is 20.2 Å². The van der Waals surface area contributed by atoms with Crippen LogP contribution in [0.5, 0.6) is 0 Å². The highest BCUT2D eigenvalue weighted by Crippen LogP contribution is 2.11. The molecule has 128 valence electrons. The van der Waals surface area contributed by atoms with Crippen molar-refractivity contribution in [3.8, 4) is 6.07 Å². The van der Waals surface area contributed by atoms with Crippen molar-refractivity contribution in [2.24, 2.45) is 0 Å². The van der Waals surface area contributed by atoms with Crippen LogP contribution in [0.25, 0.3) is 0 Å². The number of hydrogen-bond acceptors (Lipinski definition) is 4. The Morgan fingerprint density at radius 1 is 1.25 bits per heavy atom. The molecule has 1 atom stereocenters. The van der Waals surface area contributed by atoms with Gasteiger partial charge >= 0.3 is 6.09 Å². The van der Waals surface area contributed by atoms with Crippen LogP contribution in [-0.4, -0.2) is 66.2 Å². The molecule has 7 nitrogen and oxygen atoms in total. The third kappa shape index (κ3) is 5.25. The summed E-state index contributed by atoms with van der Waals surface area (Å²) in [4.78, 5) is 27.4. The smallest absolute Gasteiger partial charge is 0.404 e. The molecule has 2 rings (SSSR count). The first-order chi connectivity index (χ1) is 11.5.